The minimum absolute atomic E-state index is 0.0155. The molecule has 1 saturated carbocycles. The number of fused-ring (bicyclic) bond motifs is 9. The predicted octanol–water partition coefficient (Wildman–Crippen LogP) is 4.37. The van der Waals surface area contributed by atoms with Crippen LogP contribution in [0, 0.1) is 23.7 Å². The second kappa shape index (κ2) is 8.55. The van der Waals surface area contributed by atoms with Crippen LogP contribution in [0.2, 0.25) is 0 Å². The summed E-state index contributed by atoms with van der Waals surface area (Å²) in [4.78, 5) is 33.4. The first-order valence-corrected chi connectivity index (χ1v) is 12.8. The highest BCUT2D eigenvalue weighted by Crippen LogP contribution is 2.50. The van der Waals surface area contributed by atoms with Gasteiger partial charge in [0.2, 0.25) is 5.91 Å². The zero-order chi connectivity index (χ0) is 28.6. The van der Waals surface area contributed by atoms with Gasteiger partial charge >= 0.3 is 6.61 Å². The molecule has 0 spiro atoms. The van der Waals surface area contributed by atoms with Crippen LogP contribution < -0.4 is 4.74 Å². The van der Waals surface area contributed by atoms with Gasteiger partial charge in [0.15, 0.2) is 0 Å². The van der Waals surface area contributed by atoms with Crippen molar-refractivity contribution in [1.29, 1.82) is 0 Å². The van der Waals surface area contributed by atoms with Crippen LogP contribution in [-0.4, -0.2) is 57.8 Å². The molecule has 2 fully saturated rings. The number of rotatable bonds is 3. The number of aromatic nitrogens is 2. The Morgan fingerprint density at radius 3 is 2.87 bits per heavy atom. The number of carbonyl (C=O) groups excluding carboxylic acids is 2. The number of nitrogens with zero attached hydrogens (tertiary/aromatic N) is 4. The van der Waals surface area contributed by atoms with Gasteiger partial charge in [-0.3, -0.25) is 9.59 Å². The van der Waals surface area contributed by atoms with Crippen LogP contribution in [0.5, 0.6) is 5.75 Å². The van der Waals surface area contributed by atoms with Crippen LogP contribution in [0.1, 0.15) is 69.2 Å². The lowest BCUT2D eigenvalue weighted by atomic mass is 9.97. The minimum atomic E-state index is -3.12. The average molecular weight is 520 g/mol. The lowest BCUT2D eigenvalue weighted by Gasteiger charge is -2.24. The molecule has 7 nitrogen and oxygen atoms in total. The van der Waals surface area contributed by atoms with E-state index in [9.17, 15) is 18.4 Å². The van der Waals surface area contributed by atoms with E-state index < -0.39 is 31.6 Å². The topological polar surface area (TPSA) is 67.7 Å². The number of ether oxygens (including phenoxy) is 1. The first-order chi connectivity index (χ1) is 19.6. The smallest absolute Gasteiger partial charge is 0.387 e. The number of hydrogen-bond donors (Lipinski definition) is 0. The lowest BCUT2D eigenvalue weighted by Crippen LogP contribution is -2.30. The summed E-state index contributed by atoms with van der Waals surface area (Å²) < 4.78 is 57.9. The van der Waals surface area contributed by atoms with E-state index in [2.05, 4.69) is 11.8 Å². The molecule has 2 aromatic carbocycles. The average Bonchev–Trinajstić information content (AvgIpc) is 3.43. The highest BCUT2D eigenvalue weighted by atomic mass is 19.3. The van der Waals surface area contributed by atoms with Crippen molar-refractivity contribution in [3.05, 3.63) is 58.9 Å². The van der Waals surface area contributed by atoms with Gasteiger partial charge in [-0.25, -0.2) is 4.98 Å². The van der Waals surface area contributed by atoms with Gasteiger partial charge in [-0.1, -0.05) is 17.9 Å². The van der Waals surface area contributed by atoms with Gasteiger partial charge in [0.05, 0.1) is 23.1 Å². The van der Waals surface area contributed by atoms with Gasteiger partial charge in [0.1, 0.15) is 11.6 Å². The summed E-state index contributed by atoms with van der Waals surface area (Å²) in [6, 6.07) is 8.16. The van der Waals surface area contributed by atoms with Gasteiger partial charge < -0.3 is 19.1 Å². The molecule has 1 unspecified atom stereocenters. The molecule has 3 atom stereocenters. The number of benzene rings is 2. The Balaban J connectivity index is 1.30. The molecule has 38 heavy (non-hydrogen) atoms. The van der Waals surface area contributed by atoms with Crippen molar-refractivity contribution in [3.8, 4) is 17.6 Å². The van der Waals surface area contributed by atoms with Crippen LogP contribution >= 0.6 is 0 Å². The van der Waals surface area contributed by atoms with Crippen molar-refractivity contribution in [2.45, 2.75) is 44.4 Å². The molecule has 2 bridgehead atoms. The fourth-order valence-corrected chi connectivity index (χ4v) is 6.04. The third-order valence-electron chi connectivity index (χ3n) is 8.00. The number of hydrogen-bond acceptors (Lipinski definition) is 4. The quantitative estimate of drug-likeness (QED) is 0.482. The monoisotopic (exact) mass is 519 g/mol. The van der Waals surface area contributed by atoms with Gasteiger partial charge in [-0.05, 0) is 49.6 Å². The molecule has 4 aliphatic rings. The summed E-state index contributed by atoms with van der Waals surface area (Å²) >= 11 is 0. The first kappa shape index (κ1) is 20.1. The van der Waals surface area contributed by atoms with Crippen LogP contribution in [0.3, 0.4) is 0 Å². The van der Waals surface area contributed by atoms with Crippen molar-refractivity contribution in [3.63, 3.8) is 0 Å². The summed E-state index contributed by atoms with van der Waals surface area (Å²) in [5.74, 6) is 6.45. The second-order valence-electron chi connectivity index (χ2n) is 10.4. The van der Waals surface area contributed by atoms with Crippen molar-refractivity contribution in [2.24, 2.45) is 11.8 Å². The largest absolute Gasteiger partial charge is 0.434 e. The molecular formula is C29H26F2N4O3. The van der Waals surface area contributed by atoms with E-state index in [1.807, 2.05) is 21.6 Å². The number of halogens is 2. The maximum absolute atomic E-state index is 13.6. The molecule has 1 aliphatic carbocycles. The first-order valence-electron chi connectivity index (χ1n) is 14.3. The molecule has 1 aromatic heterocycles. The van der Waals surface area contributed by atoms with E-state index >= 15 is 0 Å². The number of amides is 2. The van der Waals surface area contributed by atoms with Gasteiger partial charge in [-0.2, -0.15) is 8.78 Å². The van der Waals surface area contributed by atoms with Gasteiger partial charge in [-0.15, -0.1) is 0 Å². The third kappa shape index (κ3) is 3.65. The summed E-state index contributed by atoms with van der Waals surface area (Å²) in [6.45, 7) is -4.57. The van der Waals surface area contributed by atoms with E-state index in [1.54, 1.807) is 6.07 Å². The normalized spacial score (nSPS) is 25.3. The Morgan fingerprint density at radius 2 is 2.08 bits per heavy atom. The van der Waals surface area contributed by atoms with E-state index in [-0.39, 0.29) is 41.0 Å². The maximum atomic E-state index is 13.6. The summed E-state index contributed by atoms with van der Waals surface area (Å²) in [7, 11) is 0. The molecule has 0 radical (unpaired) electrons. The molecule has 7 rings (SSSR count). The Bertz CT molecular complexity index is 1660. The molecular weight excluding hydrogens is 490 g/mol. The van der Waals surface area contributed by atoms with Crippen molar-refractivity contribution >= 4 is 22.8 Å². The fraction of sp³-hybridized carbons (Fsp3) is 0.414. The van der Waals surface area contributed by atoms with Crippen LogP contribution in [-0.2, 0) is 4.79 Å². The van der Waals surface area contributed by atoms with Crippen LogP contribution in [0.25, 0.3) is 11.0 Å². The number of alkyl halides is 2. The van der Waals surface area contributed by atoms with Crippen LogP contribution in [0.15, 0.2) is 36.4 Å². The van der Waals surface area contributed by atoms with E-state index in [0.29, 0.717) is 35.5 Å². The van der Waals surface area contributed by atoms with Crippen molar-refractivity contribution in [1.82, 2.24) is 19.4 Å². The molecule has 3 aliphatic heterocycles. The number of likely N-dealkylation sites (tertiary alicyclic amines) is 1. The zero-order valence-corrected chi connectivity index (χ0v) is 20.4. The molecule has 194 valence electrons. The van der Waals surface area contributed by atoms with Crippen molar-refractivity contribution < 1.29 is 27.2 Å². The fourth-order valence-electron chi connectivity index (χ4n) is 6.04. The Kier molecular flexibility index (Phi) is 4.52. The number of imidazole rings is 1. The van der Waals surface area contributed by atoms with E-state index in [4.69, 9.17) is 13.8 Å². The molecule has 1 saturated heterocycles. The van der Waals surface area contributed by atoms with Gasteiger partial charge in [0, 0.05) is 59.1 Å². The second-order valence-corrected chi connectivity index (χ2v) is 10.4. The Labute approximate surface area is 222 Å². The van der Waals surface area contributed by atoms with Gasteiger partial charge in [0.25, 0.3) is 5.91 Å². The summed E-state index contributed by atoms with van der Waals surface area (Å²) in [5, 5.41) is 0. The zero-order valence-electron chi connectivity index (χ0n) is 23.4. The highest BCUT2D eigenvalue weighted by Gasteiger charge is 2.45. The van der Waals surface area contributed by atoms with Crippen LogP contribution in [0.4, 0.5) is 8.78 Å². The van der Waals surface area contributed by atoms with E-state index in [1.165, 1.54) is 18.2 Å². The maximum Gasteiger partial charge on any atom is 0.387 e. The molecule has 3 aromatic rings. The molecule has 9 heteroatoms. The van der Waals surface area contributed by atoms with Crippen molar-refractivity contribution in [2.75, 3.05) is 20.1 Å². The predicted molar refractivity (Wildman–Crippen MR) is 135 cm³/mol. The molecule has 2 amide bonds. The highest BCUT2D eigenvalue weighted by molar-refractivity contribution is 5.98. The lowest BCUT2D eigenvalue weighted by molar-refractivity contribution is -0.131. The Morgan fingerprint density at radius 1 is 1.21 bits per heavy atom. The Hall–Kier alpha value is -3.93. The van der Waals surface area contributed by atoms with E-state index in [0.717, 1.165) is 24.2 Å². The standard InChI is InChI=1S/C29H26F2N4O3/c1-33-23-14-22(25-19(28(33)37)3-2-4-24(25)38-29(30)31)35-21-13-16(7-10-20(21)32-26(23)35)5-6-17-11-12-34(15-17)27(36)18-8-9-18/h2-4,7,10,13,17-18,22-23,29H,8-9,11-12,14-15H2,1H3/t17?,22-,23-/m1/s1/i1D3. The number of carbonyl (C=O) groups is 2. The third-order valence-corrected chi connectivity index (χ3v) is 8.00. The minimum Gasteiger partial charge on any atom is -0.434 e. The molecule has 0 N–H and O–H groups in total. The SMILES string of the molecule is [2H]C([2H])([2H])N1C(=O)c2cccc(OC(F)F)c2[C@H]2C[C@@H]1c1nc3ccc(C#CC4CCN(C(=O)C5CC5)C4)cc3n12. The molecule has 4 heterocycles. The summed E-state index contributed by atoms with van der Waals surface area (Å²) in [6.07, 6.45) is 2.92. The summed E-state index contributed by atoms with van der Waals surface area (Å²) in [5.41, 5.74) is 2.19.